The van der Waals surface area contributed by atoms with E-state index in [9.17, 15) is 0 Å². The molecule has 1 aromatic rings. The van der Waals surface area contributed by atoms with Gasteiger partial charge in [-0.25, -0.2) is 0 Å². The Morgan fingerprint density at radius 3 is 2.42 bits per heavy atom. The Morgan fingerprint density at radius 2 is 1.89 bits per heavy atom. The lowest BCUT2D eigenvalue weighted by Gasteiger charge is -2.42. The fourth-order valence-electron chi connectivity index (χ4n) is 2.81. The first kappa shape index (κ1) is 14.4. The molecular formula is C16H26N2O. The maximum Gasteiger partial charge on any atom is 0.119 e. The molecule has 0 saturated heterocycles. The lowest BCUT2D eigenvalue weighted by molar-refractivity contribution is 0.130. The topological polar surface area (TPSA) is 33.3 Å². The highest BCUT2D eigenvalue weighted by atomic mass is 16.5. The molecule has 106 valence electrons. The molecule has 0 heterocycles. The van der Waals surface area contributed by atoms with Gasteiger partial charge < -0.3 is 15.4 Å². The fraction of sp³-hybridized carbons (Fsp3) is 0.625. The number of ether oxygens (including phenoxy) is 1. The van der Waals surface area contributed by atoms with Crippen molar-refractivity contribution in [1.29, 1.82) is 0 Å². The molecular weight excluding hydrogens is 236 g/mol. The molecule has 2 rings (SSSR count). The summed E-state index contributed by atoms with van der Waals surface area (Å²) in [6.45, 7) is 5.92. The van der Waals surface area contributed by atoms with Gasteiger partial charge in [0.15, 0.2) is 0 Å². The van der Waals surface area contributed by atoms with Crippen molar-refractivity contribution in [2.24, 2.45) is 5.41 Å². The second kappa shape index (κ2) is 6.92. The SMILES string of the molecule is CCOc1ccc(CNCC2(CNC)CCC2)cc1. The first-order chi connectivity index (χ1) is 9.28. The molecule has 3 heteroatoms. The third-order valence-electron chi connectivity index (χ3n) is 4.03. The average molecular weight is 262 g/mol. The van der Waals surface area contributed by atoms with E-state index in [4.69, 9.17) is 4.74 Å². The first-order valence-electron chi connectivity index (χ1n) is 7.35. The Morgan fingerprint density at radius 1 is 1.16 bits per heavy atom. The summed E-state index contributed by atoms with van der Waals surface area (Å²) >= 11 is 0. The monoisotopic (exact) mass is 262 g/mol. The lowest BCUT2D eigenvalue weighted by Crippen LogP contribution is -2.46. The van der Waals surface area contributed by atoms with Crippen molar-refractivity contribution >= 4 is 0 Å². The number of rotatable bonds is 8. The third kappa shape index (κ3) is 3.95. The molecule has 0 amide bonds. The van der Waals surface area contributed by atoms with Crippen molar-refractivity contribution in [1.82, 2.24) is 10.6 Å². The Labute approximate surface area is 116 Å². The van der Waals surface area contributed by atoms with Gasteiger partial charge in [0.05, 0.1) is 6.61 Å². The zero-order valence-corrected chi connectivity index (χ0v) is 12.2. The van der Waals surface area contributed by atoms with Crippen LogP contribution in [-0.2, 0) is 6.54 Å². The largest absolute Gasteiger partial charge is 0.494 e. The molecule has 0 unspecified atom stereocenters. The number of benzene rings is 1. The van der Waals surface area contributed by atoms with Crippen LogP contribution in [0.3, 0.4) is 0 Å². The van der Waals surface area contributed by atoms with E-state index in [-0.39, 0.29) is 0 Å². The Balaban J connectivity index is 1.75. The molecule has 0 bridgehead atoms. The molecule has 1 saturated carbocycles. The molecule has 0 radical (unpaired) electrons. The van der Waals surface area contributed by atoms with Gasteiger partial charge in [-0.05, 0) is 49.9 Å². The predicted octanol–water partition coefficient (Wildman–Crippen LogP) is 2.56. The van der Waals surface area contributed by atoms with E-state index >= 15 is 0 Å². The molecule has 3 nitrogen and oxygen atoms in total. The normalized spacial score (nSPS) is 16.9. The van der Waals surface area contributed by atoms with Crippen LogP contribution < -0.4 is 15.4 Å². The molecule has 1 aliphatic rings. The summed E-state index contributed by atoms with van der Waals surface area (Å²) in [5.74, 6) is 0.955. The molecule has 1 aromatic carbocycles. The summed E-state index contributed by atoms with van der Waals surface area (Å²) in [5.41, 5.74) is 1.82. The first-order valence-corrected chi connectivity index (χ1v) is 7.35. The Hall–Kier alpha value is -1.06. The van der Waals surface area contributed by atoms with Crippen molar-refractivity contribution in [2.75, 3.05) is 26.7 Å². The average Bonchev–Trinajstić information content (AvgIpc) is 2.38. The summed E-state index contributed by atoms with van der Waals surface area (Å²) in [5, 5.41) is 6.92. The molecule has 0 aliphatic heterocycles. The highest BCUT2D eigenvalue weighted by Crippen LogP contribution is 2.39. The van der Waals surface area contributed by atoms with E-state index in [0.717, 1.165) is 32.0 Å². The third-order valence-corrected chi connectivity index (χ3v) is 4.03. The van der Waals surface area contributed by atoms with Crippen molar-refractivity contribution in [2.45, 2.75) is 32.7 Å². The predicted molar refractivity (Wildman–Crippen MR) is 79.5 cm³/mol. The van der Waals surface area contributed by atoms with Crippen molar-refractivity contribution in [3.8, 4) is 5.75 Å². The van der Waals surface area contributed by atoms with Crippen molar-refractivity contribution < 1.29 is 4.74 Å². The number of nitrogens with one attached hydrogen (secondary N) is 2. The van der Waals surface area contributed by atoms with Crippen LogP contribution in [0.5, 0.6) is 5.75 Å². The van der Waals surface area contributed by atoms with Crippen LogP contribution >= 0.6 is 0 Å². The van der Waals surface area contributed by atoms with Crippen molar-refractivity contribution in [3.05, 3.63) is 29.8 Å². The molecule has 0 atom stereocenters. The minimum absolute atomic E-state index is 0.500. The van der Waals surface area contributed by atoms with E-state index < -0.39 is 0 Å². The van der Waals surface area contributed by atoms with E-state index in [1.54, 1.807) is 0 Å². The lowest BCUT2D eigenvalue weighted by atomic mass is 9.68. The summed E-state index contributed by atoms with van der Waals surface area (Å²) in [6, 6.07) is 8.38. The quantitative estimate of drug-likeness (QED) is 0.755. The molecule has 2 N–H and O–H groups in total. The molecule has 1 aliphatic carbocycles. The second-order valence-corrected chi connectivity index (χ2v) is 5.56. The van der Waals surface area contributed by atoms with Crippen LogP contribution in [0.2, 0.25) is 0 Å². The molecule has 0 aromatic heterocycles. The molecule has 1 fully saturated rings. The summed E-state index contributed by atoms with van der Waals surface area (Å²) in [4.78, 5) is 0. The minimum atomic E-state index is 0.500. The van der Waals surface area contributed by atoms with Gasteiger partial charge in [-0.1, -0.05) is 18.6 Å². The zero-order chi connectivity index (χ0) is 13.6. The molecule has 19 heavy (non-hydrogen) atoms. The highest BCUT2D eigenvalue weighted by molar-refractivity contribution is 5.27. The van der Waals surface area contributed by atoms with Crippen molar-refractivity contribution in [3.63, 3.8) is 0 Å². The van der Waals surface area contributed by atoms with Gasteiger partial charge in [0.1, 0.15) is 5.75 Å². The molecule has 0 spiro atoms. The Kier molecular flexibility index (Phi) is 5.23. The van der Waals surface area contributed by atoms with Crippen LogP contribution in [0.25, 0.3) is 0 Å². The van der Waals surface area contributed by atoms with Crippen LogP contribution in [0.15, 0.2) is 24.3 Å². The van der Waals surface area contributed by atoms with Crippen LogP contribution in [0, 0.1) is 5.41 Å². The van der Waals surface area contributed by atoms with Crippen LogP contribution in [0.4, 0.5) is 0 Å². The van der Waals surface area contributed by atoms with Gasteiger partial charge in [-0.3, -0.25) is 0 Å². The summed E-state index contributed by atoms with van der Waals surface area (Å²) in [6.07, 6.45) is 4.08. The summed E-state index contributed by atoms with van der Waals surface area (Å²) in [7, 11) is 2.05. The Bertz CT molecular complexity index is 371. The van der Waals surface area contributed by atoms with Gasteiger partial charge in [0.25, 0.3) is 0 Å². The van der Waals surface area contributed by atoms with E-state index in [0.29, 0.717) is 5.41 Å². The minimum Gasteiger partial charge on any atom is -0.494 e. The second-order valence-electron chi connectivity index (χ2n) is 5.56. The zero-order valence-electron chi connectivity index (χ0n) is 12.2. The maximum atomic E-state index is 5.45. The van der Waals surface area contributed by atoms with Gasteiger partial charge in [0, 0.05) is 19.6 Å². The van der Waals surface area contributed by atoms with Gasteiger partial charge in [-0.2, -0.15) is 0 Å². The standard InChI is InChI=1S/C16H26N2O/c1-3-19-15-7-5-14(6-8-15)11-18-13-16(12-17-2)9-4-10-16/h5-8,17-18H,3-4,9-13H2,1-2H3. The summed E-state index contributed by atoms with van der Waals surface area (Å²) < 4.78 is 5.45. The van der Waals surface area contributed by atoms with Crippen LogP contribution in [0.1, 0.15) is 31.7 Å². The van der Waals surface area contributed by atoms with Gasteiger partial charge in [-0.15, -0.1) is 0 Å². The van der Waals surface area contributed by atoms with Gasteiger partial charge >= 0.3 is 0 Å². The fourth-order valence-corrected chi connectivity index (χ4v) is 2.81. The van der Waals surface area contributed by atoms with E-state index in [1.807, 2.05) is 26.1 Å². The van der Waals surface area contributed by atoms with Gasteiger partial charge in [0.2, 0.25) is 0 Å². The smallest absolute Gasteiger partial charge is 0.119 e. The highest BCUT2D eigenvalue weighted by Gasteiger charge is 2.35. The number of hydrogen-bond donors (Lipinski definition) is 2. The maximum absolute atomic E-state index is 5.45. The van der Waals surface area contributed by atoms with E-state index in [1.165, 1.54) is 24.8 Å². The number of hydrogen-bond acceptors (Lipinski definition) is 3. The van der Waals surface area contributed by atoms with E-state index in [2.05, 4.69) is 22.8 Å². The van der Waals surface area contributed by atoms with Crippen LogP contribution in [-0.4, -0.2) is 26.7 Å².